The van der Waals surface area contributed by atoms with Crippen LogP contribution in [0.25, 0.3) is 0 Å². The van der Waals surface area contributed by atoms with Crippen LogP contribution >= 0.6 is 0 Å². The van der Waals surface area contributed by atoms with Crippen molar-refractivity contribution in [2.75, 3.05) is 38.3 Å². The van der Waals surface area contributed by atoms with Crippen molar-refractivity contribution < 1.29 is 13.9 Å². The molecule has 0 heterocycles. The zero-order valence-electron chi connectivity index (χ0n) is 13.1. The molecule has 1 aromatic rings. The highest BCUT2D eigenvalue weighted by Crippen LogP contribution is 2.22. The van der Waals surface area contributed by atoms with E-state index in [0.717, 1.165) is 19.0 Å². The number of carbonyl (C=O) groups is 1. The first kappa shape index (κ1) is 17.2. The molecule has 0 fully saturated rings. The average molecular weight is 297 g/mol. The minimum absolute atomic E-state index is 0.0736. The van der Waals surface area contributed by atoms with Crippen LogP contribution in [-0.2, 0) is 4.74 Å². The normalized spacial score (nSPS) is 11.0. The van der Waals surface area contributed by atoms with E-state index in [1.807, 2.05) is 7.05 Å². The molecule has 118 valence electrons. The third kappa shape index (κ3) is 4.90. The van der Waals surface area contributed by atoms with Gasteiger partial charge in [0.05, 0.1) is 18.4 Å². The van der Waals surface area contributed by atoms with E-state index in [2.05, 4.69) is 28.8 Å². The maximum atomic E-state index is 13.8. The maximum absolute atomic E-state index is 13.8. The Bertz CT molecular complexity index is 492. The first-order valence-electron chi connectivity index (χ1n) is 6.98. The lowest BCUT2D eigenvalue weighted by Gasteiger charge is -2.21. The molecule has 21 heavy (non-hydrogen) atoms. The fraction of sp³-hybridized carbons (Fsp3) is 0.533. The molecule has 0 unspecified atom stereocenters. The van der Waals surface area contributed by atoms with Gasteiger partial charge in [-0.3, -0.25) is 0 Å². The first-order chi connectivity index (χ1) is 9.86. The summed E-state index contributed by atoms with van der Waals surface area (Å²) in [5.74, 6) is -1.05. The van der Waals surface area contributed by atoms with Crippen molar-refractivity contribution >= 4 is 17.3 Å². The van der Waals surface area contributed by atoms with Crippen LogP contribution in [0, 0.1) is 5.82 Å². The molecular formula is C15H24FN3O2. The van der Waals surface area contributed by atoms with Crippen LogP contribution in [-0.4, -0.2) is 44.2 Å². The number of nitrogens with two attached hydrogens (primary N) is 1. The van der Waals surface area contributed by atoms with Crippen molar-refractivity contribution in [1.82, 2.24) is 4.90 Å². The van der Waals surface area contributed by atoms with Crippen LogP contribution in [0.1, 0.15) is 30.6 Å². The largest absolute Gasteiger partial charge is 0.465 e. The molecule has 0 spiro atoms. The van der Waals surface area contributed by atoms with E-state index in [-0.39, 0.29) is 16.9 Å². The summed E-state index contributed by atoms with van der Waals surface area (Å²) >= 11 is 0. The Kier molecular flexibility index (Phi) is 6.42. The van der Waals surface area contributed by atoms with Gasteiger partial charge in [0.2, 0.25) is 0 Å². The fourth-order valence-corrected chi connectivity index (χ4v) is 1.82. The number of nitrogen functional groups attached to an aromatic ring is 1. The monoisotopic (exact) mass is 297 g/mol. The van der Waals surface area contributed by atoms with E-state index in [0.29, 0.717) is 12.6 Å². The number of halogens is 1. The Morgan fingerprint density at radius 1 is 1.48 bits per heavy atom. The zero-order valence-corrected chi connectivity index (χ0v) is 13.1. The number of anilines is 2. The van der Waals surface area contributed by atoms with E-state index in [9.17, 15) is 9.18 Å². The molecule has 0 aliphatic carbocycles. The van der Waals surface area contributed by atoms with E-state index in [1.165, 1.54) is 13.2 Å². The number of nitrogens with zero attached hydrogens (tertiary/aromatic N) is 1. The molecule has 1 rings (SSSR count). The van der Waals surface area contributed by atoms with Gasteiger partial charge in [-0.15, -0.1) is 0 Å². The van der Waals surface area contributed by atoms with Crippen LogP contribution < -0.4 is 11.1 Å². The predicted molar refractivity (Wildman–Crippen MR) is 83.0 cm³/mol. The first-order valence-corrected chi connectivity index (χ1v) is 6.98. The van der Waals surface area contributed by atoms with Gasteiger partial charge < -0.3 is 20.7 Å². The Morgan fingerprint density at radius 3 is 2.71 bits per heavy atom. The van der Waals surface area contributed by atoms with Gasteiger partial charge in [0.25, 0.3) is 0 Å². The van der Waals surface area contributed by atoms with E-state index < -0.39 is 11.8 Å². The van der Waals surface area contributed by atoms with Crippen LogP contribution in [0.2, 0.25) is 0 Å². The van der Waals surface area contributed by atoms with Crippen LogP contribution in [0.15, 0.2) is 12.1 Å². The molecule has 0 radical (unpaired) electrons. The minimum Gasteiger partial charge on any atom is -0.465 e. The van der Waals surface area contributed by atoms with Gasteiger partial charge in [-0.2, -0.15) is 0 Å². The third-order valence-corrected chi connectivity index (χ3v) is 3.43. The molecule has 0 aliphatic heterocycles. The summed E-state index contributed by atoms with van der Waals surface area (Å²) in [5, 5.41) is 2.99. The molecule has 5 nitrogen and oxygen atoms in total. The molecule has 6 heteroatoms. The number of ether oxygens (including phenoxy) is 1. The van der Waals surface area contributed by atoms with Gasteiger partial charge in [0.1, 0.15) is 5.82 Å². The number of hydrogen-bond acceptors (Lipinski definition) is 5. The molecule has 0 aromatic heterocycles. The second-order valence-corrected chi connectivity index (χ2v) is 5.27. The highest BCUT2D eigenvalue weighted by atomic mass is 19.1. The molecule has 0 saturated heterocycles. The summed E-state index contributed by atoms with van der Waals surface area (Å²) in [5.41, 5.74) is 6.12. The second-order valence-electron chi connectivity index (χ2n) is 5.27. The second kappa shape index (κ2) is 7.83. The molecule has 0 atom stereocenters. The molecule has 0 bridgehead atoms. The SMILES string of the molecule is COC(=O)c1cc(NCCCN(C)C(C)C)c(F)cc1N. The number of hydrogen-bond donors (Lipinski definition) is 2. The van der Waals surface area contributed by atoms with Gasteiger partial charge in [0, 0.05) is 18.3 Å². The Labute approximate surface area is 125 Å². The Morgan fingerprint density at radius 2 is 2.14 bits per heavy atom. The molecule has 1 aromatic carbocycles. The number of carbonyl (C=O) groups excluding carboxylic acids is 1. The average Bonchev–Trinajstić information content (AvgIpc) is 2.44. The Hall–Kier alpha value is -1.82. The van der Waals surface area contributed by atoms with Crippen molar-refractivity contribution in [3.8, 4) is 0 Å². The Balaban J connectivity index is 2.65. The fourth-order valence-electron chi connectivity index (χ4n) is 1.82. The molecular weight excluding hydrogens is 273 g/mol. The molecule has 0 amide bonds. The standard InChI is InChI=1S/C15H24FN3O2/c1-10(2)19(3)7-5-6-18-14-8-11(15(20)21-4)13(17)9-12(14)16/h8-10,18H,5-7,17H2,1-4H3. The number of benzene rings is 1. The maximum Gasteiger partial charge on any atom is 0.340 e. The van der Waals surface area contributed by atoms with Crippen molar-refractivity contribution in [1.29, 1.82) is 0 Å². The van der Waals surface area contributed by atoms with Crippen molar-refractivity contribution in [2.24, 2.45) is 0 Å². The summed E-state index contributed by atoms with van der Waals surface area (Å²) in [6, 6.07) is 3.00. The number of methoxy groups -OCH3 is 1. The molecule has 0 aliphatic rings. The predicted octanol–water partition coefficient (Wildman–Crippen LogP) is 2.34. The van der Waals surface area contributed by atoms with Crippen LogP contribution in [0.5, 0.6) is 0 Å². The summed E-state index contributed by atoms with van der Waals surface area (Å²) in [6.45, 7) is 5.76. The summed E-state index contributed by atoms with van der Waals surface area (Å²) in [6.07, 6.45) is 0.867. The topological polar surface area (TPSA) is 67.6 Å². The highest BCUT2D eigenvalue weighted by Gasteiger charge is 2.14. The third-order valence-electron chi connectivity index (χ3n) is 3.43. The number of esters is 1. The quantitative estimate of drug-likeness (QED) is 0.459. The van der Waals surface area contributed by atoms with Crippen molar-refractivity contribution in [2.45, 2.75) is 26.3 Å². The number of rotatable bonds is 7. The van der Waals surface area contributed by atoms with Crippen molar-refractivity contribution in [3.63, 3.8) is 0 Å². The minimum atomic E-state index is -0.574. The van der Waals surface area contributed by atoms with Crippen LogP contribution in [0.3, 0.4) is 0 Å². The smallest absolute Gasteiger partial charge is 0.340 e. The lowest BCUT2D eigenvalue weighted by atomic mass is 10.1. The molecule has 3 N–H and O–H groups in total. The van der Waals surface area contributed by atoms with E-state index in [1.54, 1.807) is 0 Å². The van der Waals surface area contributed by atoms with E-state index in [4.69, 9.17) is 5.73 Å². The van der Waals surface area contributed by atoms with Crippen LogP contribution in [0.4, 0.5) is 15.8 Å². The summed E-state index contributed by atoms with van der Waals surface area (Å²) in [7, 11) is 3.31. The van der Waals surface area contributed by atoms with Gasteiger partial charge in [-0.1, -0.05) is 0 Å². The molecule has 0 saturated carbocycles. The zero-order chi connectivity index (χ0) is 16.0. The summed E-state index contributed by atoms with van der Waals surface area (Å²) < 4.78 is 18.4. The van der Waals surface area contributed by atoms with Gasteiger partial charge in [0.15, 0.2) is 0 Å². The number of nitrogens with one attached hydrogen (secondary N) is 1. The lowest BCUT2D eigenvalue weighted by molar-refractivity contribution is 0.0602. The van der Waals surface area contributed by atoms with Gasteiger partial charge >= 0.3 is 5.97 Å². The van der Waals surface area contributed by atoms with E-state index >= 15 is 0 Å². The lowest BCUT2D eigenvalue weighted by Crippen LogP contribution is -2.28. The van der Waals surface area contributed by atoms with Gasteiger partial charge in [-0.25, -0.2) is 9.18 Å². The highest BCUT2D eigenvalue weighted by molar-refractivity contribution is 5.96. The van der Waals surface area contributed by atoms with Crippen molar-refractivity contribution in [3.05, 3.63) is 23.5 Å². The van der Waals surface area contributed by atoms with Gasteiger partial charge in [-0.05, 0) is 46.0 Å². The summed E-state index contributed by atoms with van der Waals surface area (Å²) in [4.78, 5) is 13.7.